The molecule has 1 aliphatic heterocycles. The van der Waals surface area contributed by atoms with Gasteiger partial charge in [-0.25, -0.2) is 0 Å². The van der Waals surface area contributed by atoms with Crippen LogP contribution in [0.3, 0.4) is 0 Å². The van der Waals surface area contributed by atoms with Crippen LogP contribution in [0.15, 0.2) is 5.16 Å². The molecule has 1 unspecified atom stereocenters. The van der Waals surface area contributed by atoms with Crippen LogP contribution >= 0.6 is 0 Å². The van der Waals surface area contributed by atoms with Crippen molar-refractivity contribution >= 4 is 5.71 Å². The van der Waals surface area contributed by atoms with Crippen molar-refractivity contribution in [1.82, 2.24) is 0 Å². The monoisotopic (exact) mass is 128 g/mol. The van der Waals surface area contributed by atoms with E-state index < -0.39 is 0 Å². The molecule has 0 aromatic rings. The molecule has 1 heterocycles. The molecule has 9 heavy (non-hydrogen) atoms. The predicted molar refractivity (Wildman–Crippen MR) is 36.3 cm³/mol. The lowest BCUT2D eigenvalue weighted by Crippen LogP contribution is -2.34. The Hall–Kier alpha value is -0.570. The van der Waals surface area contributed by atoms with Crippen LogP contribution in [0.25, 0.3) is 0 Å². The lowest BCUT2D eigenvalue weighted by Gasteiger charge is -2.17. The zero-order valence-corrected chi connectivity index (χ0v) is 5.85. The molecule has 0 saturated carbocycles. The summed E-state index contributed by atoms with van der Waals surface area (Å²) in [5.41, 5.74) is 6.24. The fraction of sp³-hybridized carbons (Fsp3) is 0.833. The van der Waals surface area contributed by atoms with Gasteiger partial charge < -0.3 is 10.6 Å². The summed E-state index contributed by atoms with van der Waals surface area (Å²) in [5, 5.41) is 3.80. The van der Waals surface area contributed by atoms with Gasteiger partial charge in [0.25, 0.3) is 0 Å². The van der Waals surface area contributed by atoms with Gasteiger partial charge in [0.05, 0.1) is 5.71 Å². The number of nitrogens with two attached hydrogens (primary N) is 1. The number of nitrogens with zero attached hydrogens (tertiary/aromatic N) is 1. The second-order valence-electron chi connectivity index (χ2n) is 2.75. The van der Waals surface area contributed by atoms with Crippen LogP contribution in [0.2, 0.25) is 0 Å². The van der Waals surface area contributed by atoms with Gasteiger partial charge in [-0.1, -0.05) is 5.16 Å². The minimum Gasteiger partial charge on any atom is -0.388 e. The Kier molecular flexibility index (Phi) is 1.45. The third-order valence-corrected chi connectivity index (χ3v) is 1.48. The molecule has 1 rings (SSSR count). The smallest absolute Gasteiger partial charge is 0.152 e. The highest BCUT2D eigenvalue weighted by molar-refractivity contribution is 5.83. The average Bonchev–Trinajstić information content (AvgIpc) is 2.13. The van der Waals surface area contributed by atoms with E-state index in [1.165, 1.54) is 0 Å². The van der Waals surface area contributed by atoms with Crippen molar-refractivity contribution in [2.45, 2.75) is 25.9 Å². The molecule has 0 radical (unpaired) electrons. The quantitative estimate of drug-likeness (QED) is 0.559. The van der Waals surface area contributed by atoms with Crippen LogP contribution in [0.1, 0.15) is 20.3 Å². The molecule has 0 fully saturated rings. The lowest BCUT2D eigenvalue weighted by atomic mass is 10.0. The minimum absolute atomic E-state index is 0.218. The first-order valence-corrected chi connectivity index (χ1v) is 3.08. The summed E-state index contributed by atoms with van der Waals surface area (Å²) in [6.07, 6.45) is 0.865. The fourth-order valence-electron chi connectivity index (χ4n) is 0.903. The van der Waals surface area contributed by atoms with Crippen molar-refractivity contribution in [2.24, 2.45) is 10.9 Å². The van der Waals surface area contributed by atoms with Crippen molar-refractivity contribution in [3.63, 3.8) is 0 Å². The highest BCUT2D eigenvalue weighted by atomic mass is 16.7. The Balaban J connectivity index is 2.53. The molecule has 0 aromatic carbocycles. The van der Waals surface area contributed by atoms with Crippen LogP contribution in [0.4, 0.5) is 0 Å². The van der Waals surface area contributed by atoms with Gasteiger partial charge in [-0.3, -0.25) is 0 Å². The van der Waals surface area contributed by atoms with Gasteiger partial charge in [0, 0.05) is 13.0 Å². The average molecular weight is 128 g/mol. The number of hydrogen-bond acceptors (Lipinski definition) is 3. The second-order valence-corrected chi connectivity index (χ2v) is 2.75. The molecule has 2 N–H and O–H groups in total. The first-order chi connectivity index (χ1) is 4.16. The topological polar surface area (TPSA) is 47.6 Å². The Morgan fingerprint density at radius 3 is 2.78 bits per heavy atom. The first kappa shape index (κ1) is 6.55. The highest BCUT2D eigenvalue weighted by Crippen LogP contribution is 2.21. The van der Waals surface area contributed by atoms with Crippen molar-refractivity contribution in [3.8, 4) is 0 Å². The third-order valence-electron chi connectivity index (χ3n) is 1.48. The van der Waals surface area contributed by atoms with E-state index in [0.29, 0.717) is 6.54 Å². The largest absolute Gasteiger partial charge is 0.388 e. The maximum atomic E-state index is 5.43. The fourth-order valence-corrected chi connectivity index (χ4v) is 0.903. The van der Waals surface area contributed by atoms with Gasteiger partial charge in [0.1, 0.15) is 0 Å². The molecule has 0 bridgehead atoms. The van der Waals surface area contributed by atoms with Gasteiger partial charge in [-0.05, 0) is 13.8 Å². The lowest BCUT2D eigenvalue weighted by molar-refractivity contribution is 0.00422. The van der Waals surface area contributed by atoms with E-state index in [0.717, 1.165) is 12.1 Å². The van der Waals surface area contributed by atoms with E-state index >= 15 is 0 Å². The van der Waals surface area contributed by atoms with E-state index in [4.69, 9.17) is 10.6 Å². The molecule has 52 valence electrons. The summed E-state index contributed by atoms with van der Waals surface area (Å²) < 4.78 is 0. The Labute approximate surface area is 54.9 Å². The van der Waals surface area contributed by atoms with Gasteiger partial charge in [0.2, 0.25) is 0 Å². The van der Waals surface area contributed by atoms with Gasteiger partial charge >= 0.3 is 0 Å². The zero-order chi connectivity index (χ0) is 6.91. The van der Waals surface area contributed by atoms with E-state index in [-0.39, 0.29) is 5.60 Å². The molecule has 1 aliphatic rings. The van der Waals surface area contributed by atoms with Crippen LogP contribution in [-0.4, -0.2) is 17.9 Å². The van der Waals surface area contributed by atoms with Crippen molar-refractivity contribution in [2.75, 3.05) is 6.54 Å². The van der Waals surface area contributed by atoms with Crippen LogP contribution in [0.5, 0.6) is 0 Å². The number of oxime groups is 1. The normalized spacial score (nSPS) is 33.9. The van der Waals surface area contributed by atoms with Crippen LogP contribution < -0.4 is 5.73 Å². The molecule has 0 amide bonds. The first-order valence-electron chi connectivity index (χ1n) is 3.08. The third kappa shape index (κ3) is 1.21. The van der Waals surface area contributed by atoms with Gasteiger partial charge in [-0.2, -0.15) is 0 Å². The molecule has 0 spiro atoms. The van der Waals surface area contributed by atoms with Crippen molar-refractivity contribution in [3.05, 3.63) is 0 Å². The highest BCUT2D eigenvalue weighted by Gasteiger charge is 2.30. The Morgan fingerprint density at radius 1 is 1.89 bits per heavy atom. The second kappa shape index (κ2) is 1.99. The van der Waals surface area contributed by atoms with Gasteiger partial charge in [0.15, 0.2) is 5.60 Å². The maximum absolute atomic E-state index is 5.43. The molecule has 3 heteroatoms. The molecule has 0 saturated heterocycles. The Morgan fingerprint density at radius 2 is 2.56 bits per heavy atom. The molecular weight excluding hydrogens is 116 g/mol. The van der Waals surface area contributed by atoms with Crippen molar-refractivity contribution in [1.29, 1.82) is 0 Å². The summed E-state index contributed by atoms with van der Waals surface area (Å²) >= 11 is 0. The minimum atomic E-state index is -0.218. The van der Waals surface area contributed by atoms with E-state index in [9.17, 15) is 0 Å². The van der Waals surface area contributed by atoms with Crippen LogP contribution in [-0.2, 0) is 4.84 Å². The molecule has 1 atom stereocenters. The maximum Gasteiger partial charge on any atom is 0.152 e. The van der Waals surface area contributed by atoms with Crippen LogP contribution in [0, 0.1) is 0 Å². The van der Waals surface area contributed by atoms with E-state index in [1.54, 1.807) is 0 Å². The predicted octanol–water partition coefficient (Wildman–Crippen LogP) is 0.500. The SMILES string of the molecule is CC1=NOC(C)(CN)C1. The summed E-state index contributed by atoms with van der Waals surface area (Å²) in [6, 6.07) is 0. The van der Waals surface area contributed by atoms with Gasteiger partial charge in [-0.15, -0.1) is 0 Å². The van der Waals surface area contributed by atoms with Crippen molar-refractivity contribution < 1.29 is 4.84 Å². The zero-order valence-electron chi connectivity index (χ0n) is 5.85. The number of rotatable bonds is 1. The number of hydrogen-bond donors (Lipinski definition) is 1. The van der Waals surface area contributed by atoms with E-state index in [1.807, 2.05) is 13.8 Å². The summed E-state index contributed by atoms with van der Waals surface area (Å²) in [5.74, 6) is 0. The summed E-state index contributed by atoms with van der Waals surface area (Å²) in [6.45, 7) is 4.45. The standard InChI is InChI=1S/C6H12N2O/c1-5-3-6(2,4-7)9-8-5/h3-4,7H2,1-2H3. The molecule has 0 aliphatic carbocycles. The molecule has 3 nitrogen and oxygen atoms in total. The van der Waals surface area contributed by atoms with E-state index in [2.05, 4.69) is 5.16 Å². The molecular formula is C6H12N2O. The molecule has 0 aromatic heterocycles. The summed E-state index contributed by atoms with van der Waals surface area (Å²) in [7, 11) is 0. The Bertz CT molecular complexity index is 144. The summed E-state index contributed by atoms with van der Waals surface area (Å²) in [4.78, 5) is 5.06.